The standard InChI is InChI=1S/C19H17Cl2NO3/c20-15-7-4-8-16(21)14(15)11-17(23)25-18(12-5-2-1-3-6-12)19(24)22-13-9-10-13/h1-8,13,18H,9-11H2,(H,22,24)/t18-/m0/s1. The van der Waals surface area contributed by atoms with Crippen LogP contribution in [-0.4, -0.2) is 17.9 Å². The third-order valence-electron chi connectivity index (χ3n) is 3.90. The Bertz CT molecular complexity index is 755. The van der Waals surface area contributed by atoms with Crippen molar-refractivity contribution in [3.05, 3.63) is 69.7 Å². The molecule has 0 saturated heterocycles. The Labute approximate surface area is 156 Å². The van der Waals surface area contributed by atoms with Gasteiger partial charge in [-0.3, -0.25) is 9.59 Å². The van der Waals surface area contributed by atoms with Gasteiger partial charge in [-0.25, -0.2) is 0 Å². The summed E-state index contributed by atoms with van der Waals surface area (Å²) in [7, 11) is 0. The number of ether oxygens (including phenoxy) is 1. The quantitative estimate of drug-likeness (QED) is 0.770. The van der Waals surface area contributed by atoms with Crippen LogP contribution in [0.2, 0.25) is 10.0 Å². The molecule has 1 fully saturated rings. The van der Waals surface area contributed by atoms with E-state index < -0.39 is 12.1 Å². The van der Waals surface area contributed by atoms with Gasteiger partial charge in [0.2, 0.25) is 6.10 Å². The predicted molar refractivity (Wildman–Crippen MR) is 96.6 cm³/mol. The maximum absolute atomic E-state index is 12.5. The molecule has 0 aromatic heterocycles. The van der Waals surface area contributed by atoms with Crippen LogP contribution >= 0.6 is 23.2 Å². The maximum atomic E-state index is 12.5. The molecule has 0 bridgehead atoms. The monoisotopic (exact) mass is 377 g/mol. The van der Waals surface area contributed by atoms with Crippen LogP contribution in [0, 0.1) is 0 Å². The number of carbonyl (C=O) groups excluding carboxylic acids is 2. The van der Waals surface area contributed by atoms with Crippen molar-refractivity contribution in [3.63, 3.8) is 0 Å². The molecule has 4 nitrogen and oxygen atoms in total. The van der Waals surface area contributed by atoms with Crippen molar-refractivity contribution in [2.75, 3.05) is 0 Å². The third kappa shape index (κ3) is 4.74. The highest BCUT2D eigenvalue weighted by molar-refractivity contribution is 6.36. The number of halogens is 2. The molecular formula is C19H17Cl2NO3. The number of amides is 1. The van der Waals surface area contributed by atoms with Crippen LogP contribution in [0.15, 0.2) is 48.5 Å². The summed E-state index contributed by atoms with van der Waals surface area (Å²) in [6.07, 6.45) is 0.821. The van der Waals surface area contributed by atoms with Crippen molar-refractivity contribution < 1.29 is 14.3 Å². The summed E-state index contributed by atoms with van der Waals surface area (Å²) in [5.74, 6) is -0.873. The largest absolute Gasteiger partial charge is 0.447 e. The van der Waals surface area contributed by atoms with E-state index in [9.17, 15) is 9.59 Å². The van der Waals surface area contributed by atoms with Gasteiger partial charge in [-0.05, 0) is 25.0 Å². The lowest BCUT2D eigenvalue weighted by Crippen LogP contribution is -2.33. The van der Waals surface area contributed by atoms with E-state index >= 15 is 0 Å². The lowest BCUT2D eigenvalue weighted by Gasteiger charge is -2.18. The highest BCUT2D eigenvalue weighted by atomic mass is 35.5. The van der Waals surface area contributed by atoms with Crippen molar-refractivity contribution in [1.29, 1.82) is 0 Å². The first-order valence-electron chi connectivity index (χ1n) is 8.02. The SMILES string of the molecule is O=C(Cc1c(Cl)cccc1Cl)O[C@H](C(=O)NC1CC1)c1ccccc1. The van der Waals surface area contributed by atoms with Crippen molar-refractivity contribution in [1.82, 2.24) is 5.32 Å². The minimum atomic E-state index is -0.990. The molecule has 0 heterocycles. The number of carbonyl (C=O) groups is 2. The zero-order valence-electron chi connectivity index (χ0n) is 13.4. The number of hydrogen-bond donors (Lipinski definition) is 1. The lowest BCUT2D eigenvalue weighted by molar-refractivity contribution is -0.156. The van der Waals surface area contributed by atoms with Crippen LogP contribution in [0.4, 0.5) is 0 Å². The van der Waals surface area contributed by atoms with Crippen LogP contribution in [0.1, 0.15) is 30.1 Å². The number of hydrogen-bond acceptors (Lipinski definition) is 3. The fraction of sp³-hybridized carbons (Fsp3) is 0.263. The third-order valence-corrected chi connectivity index (χ3v) is 4.60. The average Bonchev–Trinajstić information content (AvgIpc) is 3.41. The molecule has 0 spiro atoms. The molecule has 6 heteroatoms. The van der Waals surface area contributed by atoms with Gasteiger partial charge in [0, 0.05) is 27.2 Å². The van der Waals surface area contributed by atoms with Crippen LogP contribution < -0.4 is 5.32 Å². The topological polar surface area (TPSA) is 55.4 Å². The first-order chi connectivity index (χ1) is 12.0. The molecule has 1 atom stereocenters. The molecule has 2 aromatic rings. The second-order valence-electron chi connectivity index (χ2n) is 5.94. The van der Waals surface area contributed by atoms with Crippen molar-refractivity contribution in [2.45, 2.75) is 31.4 Å². The Morgan fingerprint density at radius 1 is 1.04 bits per heavy atom. The fourth-order valence-electron chi connectivity index (χ4n) is 2.42. The van der Waals surface area contributed by atoms with Gasteiger partial charge in [-0.15, -0.1) is 0 Å². The molecule has 3 rings (SSSR count). The molecule has 0 radical (unpaired) electrons. The summed E-state index contributed by atoms with van der Waals surface area (Å²) >= 11 is 12.2. The van der Waals surface area contributed by atoms with E-state index in [1.165, 1.54) is 0 Å². The van der Waals surface area contributed by atoms with E-state index in [-0.39, 0.29) is 18.4 Å². The Kier molecular flexibility index (Phi) is 5.61. The zero-order chi connectivity index (χ0) is 17.8. The minimum absolute atomic E-state index is 0.0987. The Hall–Kier alpha value is -2.04. The second-order valence-corrected chi connectivity index (χ2v) is 6.75. The van der Waals surface area contributed by atoms with E-state index in [4.69, 9.17) is 27.9 Å². The number of esters is 1. The maximum Gasteiger partial charge on any atom is 0.311 e. The summed E-state index contributed by atoms with van der Waals surface area (Å²) < 4.78 is 5.47. The normalized spacial score (nSPS) is 14.6. The van der Waals surface area contributed by atoms with Gasteiger partial charge in [-0.1, -0.05) is 59.6 Å². The van der Waals surface area contributed by atoms with Gasteiger partial charge in [0.15, 0.2) is 0 Å². The van der Waals surface area contributed by atoms with E-state index in [2.05, 4.69) is 5.32 Å². The van der Waals surface area contributed by atoms with E-state index in [0.717, 1.165) is 12.8 Å². The summed E-state index contributed by atoms with van der Waals surface area (Å²) in [6, 6.07) is 14.1. The average molecular weight is 378 g/mol. The van der Waals surface area contributed by atoms with E-state index in [0.29, 0.717) is 21.2 Å². The molecule has 130 valence electrons. The lowest BCUT2D eigenvalue weighted by atomic mass is 10.1. The van der Waals surface area contributed by atoms with Crippen molar-refractivity contribution >= 4 is 35.1 Å². The molecule has 1 amide bonds. The van der Waals surface area contributed by atoms with E-state index in [1.807, 2.05) is 6.07 Å². The van der Waals surface area contributed by atoms with Crippen LogP contribution in [0.25, 0.3) is 0 Å². The van der Waals surface area contributed by atoms with Gasteiger partial charge >= 0.3 is 5.97 Å². The molecule has 1 aliphatic carbocycles. The van der Waals surface area contributed by atoms with Gasteiger partial charge in [-0.2, -0.15) is 0 Å². The Morgan fingerprint density at radius 3 is 2.28 bits per heavy atom. The van der Waals surface area contributed by atoms with Gasteiger partial charge in [0.1, 0.15) is 0 Å². The minimum Gasteiger partial charge on any atom is -0.447 e. The van der Waals surface area contributed by atoms with Gasteiger partial charge in [0.25, 0.3) is 5.91 Å². The highest BCUT2D eigenvalue weighted by Gasteiger charge is 2.31. The van der Waals surface area contributed by atoms with Crippen molar-refractivity contribution in [3.8, 4) is 0 Å². The molecule has 0 aliphatic heterocycles. The van der Waals surface area contributed by atoms with Crippen LogP contribution in [0.3, 0.4) is 0 Å². The van der Waals surface area contributed by atoms with Gasteiger partial charge < -0.3 is 10.1 Å². The summed E-state index contributed by atoms with van der Waals surface area (Å²) in [6.45, 7) is 0. The zero-order valence-corrected chi connectivity index (χ0v) is 14.9. The predicted octanol–water partition coefficient (Wildman–Crippen LogP) is 4.10. The van der Waals surface area contributed by atoms with E-state index in [1.54, 1.807) is 42.5 Å². The molecule has 2 aromatic carbocycles. The fourth-order valence-corrected chi connectivity index (χ4v) is 2.96. The molecule has 1 aliphatic rings. The molecular weight excluding hydrogens is 361 g/mol. The number of benzene rings is 2. The summed E-state index contributed by atoms with van der Waals surface area (Å²) in [5.41, 5.74) is 1.12. The van der Waals surface area contributed by atoms with Crippen LogP contribution in [-0.2, 0) is 20.7 Å². The van der Waals surface area contributed by atoms with Crippen molar-refractivity contribution in [2.24, 2.45) is 0 Å². The summed E-state index contributed by atoms with van der Waals surface area (Å²) in [4.78, 5) is 24.9. The first-order valence-corrected chi connectivity index (χ1v) is 8.78. The Balaban J connectivity index is 1.75. The number of nitrogens with one attached hydrogen (secondary N) is 1. The summed E-state index contributed by atoms with van der Waals surface area (Å²) in [5, 5.41) is 3.66. The molecule has 1 saturated carbocycles. The molecule has 1 N–H and O–H groups in total. The second kappa shape index (κ2) is 7.89. The smallest absolute Gasteiger partial charge is 0.311 e. The highest BCUT2D eigenvalue weighted by Crippen LogP contribution is 2.27. The molecule has 25 heavy (non-hydrogen) atoms. The molecule has 0 unspecified atom stereocenters. The first kappa shape index (κ1) is 17.8. The van der Waals surface area contributed by atoms with Crippen LogP contribution in [0.5, 0.6) is 0 Å². The van der Waals surface area contributed by atoms with Gasteiger partial charge in [0.05, 0.1) is 6.42 Å². The number of rotatable bonds is 6. The Morgan fingerprint density at radius 2 is 1.68 bits per heavy atom.